The summed E-state index contributed by atoms with van der Waals surface area (Å²) in [5.41, 5.74) is 7.82. The Morgan fingerprint density at radius 2 is 2.00 bits per heavy atom. The van der Waals surface area contributed by atoms with E-state index in [4.69, 9.17) is 5.73 Å². The third kappa shape index (κ3) is 3.42. The van der Waals surface area contributed by atoms with Gasteiger partial charge < -0.3 is 10.6 Å². The van der Waals surface area contributed by atoms with Crippen molar-refractivity contribution >= 4 is 5.69 Å². The summed E-state index contributed by atoms with van der Waals surface area (Å²) >= 11 is 0. The van der Waals surface area contributed by atoms with Crippen LogP contribution in [0.2, 0.25) is 0 Å². The Labute approximate surface area is 111 Å². The predicted octanol–water partition coefficient (Wildman–Crippen LogP) is 2.68. The average molecular weight is 250 g/mol. The Bertz CT molecular complexity index is 376. The van der Waals surface area contributed by atoms with E-state index in [1.807, 2.05) is 6.20 Å². The topological polar surface area (TPSA) is 55.0 Å². The summed E-state index contributed by atoms with van der Waals surface area (Å²) in [6.45, 7) is 9.07. The van der Waals surface area contributed by atoms with Crippen molar-refractivity contribution in [2.45, 2.75) is 59.0 Å². The lowest BCUT2D eigenvalue weighted by Gasteiger charge is -2.28. The van der Waals surface area contributed by atoms with E-state index in [-0.39, 0.29) is 0 Å². The summed E-state index contributed by atoms with van der Waals surface area (Å²) in [6, 6.07) is 0.480. The Morgan fingerprint density at radius 3 is 2.50 bits per heavy atom. The van der Waals surface area contributed by atoms with Crippen LogP contribution in [-0.2, 0) is 6.54 Å². The Morgan fingerprint density at radius 1 is 1.33 bits per heavy atom. The second-order valence-corrected chi connectivity index (χ2v) is 5.17. The van der Waals surface area contributed by atoms with E-state index < -0.39 is 0 Å². The maximum Gasteiger partial charge on any atom is 0.131 e. The molecule has 0 fully saturated rings. The third-order valence-electron chi connectivity index (χ3n) is 3.32. The molecule has 1 atom stereocenters. The Kier molecular flexibility index (Phi) is 5.54. The lowest BCUT2D eigenvalue weighted by Crippen LogP contribution is -2.30. The van der Waals surface area contributed by atoms with Gasteiger partial charge in [0.15, 0.2) is 0 Å². The van der Waals surface area contributed by atoms with E-state index in [1.165, 1.54) is 6.42 Å². The van der Waals surface area contributed by atoms with Crippen molar-refractivity contribution in [1.82, 2.24) is 9.97 Å². The minimum absolute atomic E-state index is 0.336. The first-order valence-electron chi connectivity index (χ1n) is 6.79. The monoisotopic (exact) mass is 250 g/mol. The first kappa shape index (κ1) is 14.9. The molecule has 1 aromatic rings. The van der Waals surface area contributed by atoms with Gasteiger partial charge in [-0.25, -0.2) is 9.97 Å². The summed E-state index contributed by atoms with van der Waals surface area (Å²) < 4.78 is 0. The standard InChI is InChI=1S/C14H26N4/c1-6-7-11(4)18(5)13-9-16-14(10(2)3)17-12(13)8-15/h9-11H,6-8,15H2,1-5H3. The number of nitrogens with two attached hydrogens (primary N) is 1. The van der Waals surface area contributed by atoms with Crippen molar-refractivity contribution in [3.05, 3.63) is 17.7 Å². The molecule has 4 heteroatoms. The molecule has 2 N–H and O–H groups in total. The van der Waals surface area contributed by atoms with Crippen molar-refractivity contribution in [1.29, 1.82) is 0 Å². The minimum Gasteiger partial charge on any atom is -0.369 e. The number of hydrogen-bond donors (Lipinski definition) is 1. The van der Waals surface area contributed by atoms with E-state index in [0.29, 0.717) is 18.5 Å². The normalized spacial score (nSPS) is 12.8. The molecular weight excluding hydrogens is 224 g/mol. The molecule has 0 aliphatic heterocycles. The zero-order valence-corrected chi connectivity index (χ0v) is 12.3. The van der Waals surface area contributed by atoms with Gasteiger partial charge >= 0.3 is 0 Å². The molecule has 0 radical (unpaired) electrons. The maximum absolute atomic E-state index is 5.81. The van der Waals surface area contributed by atoms with Crippen LogP contribution in [0.5, 0.6) is 0 Å². The molecule has 0 aliphatic rings. The van der Waals surface area contributed by atoms with E-state index in [2.05, 4.69) is 49.6 Å². The summed E-state index contributed by atoms with van der Waals surface area (Å²) in [4.78, 5) is 11.3. The van der Waals surface area contributed by atoms with E-state index >= 15 is 0 Å². The molecule has 102 valence electrons. The van der Waals surface area contributed by atoms with E-state index in [9.17, 15) is 0 Å². The number of hydrogen-bond acceptors (Lipinski definition) is 4. The first-order valence-corrected chi connectivity index (χ1v) is 6.79. The van der Waals surface area contributed by atoms with Gasteiger partial charge in [-0.3, -0.25) is 0 Å². The quantitative estimate of drug-likeness (QED) is 0.843. The molecule has 0 amide bonds. The number of rotatable bonds is 6. The lowest BCUT2D eigenvalue weighted by atomic mass is 10.1. The molecule has 0 bridgehead atoms. The Hall–Kier alpha value is -1.16. The highest BCUT2D eigenvalue weighted by atomic mass is 15.2. The number of nitrogens with zero attached hydrogens (tertiary/aromatic N) is 3. The predicted molar refractivity (Wildman–Crippen MR) is 76.8 cm³/mol. The van der Waals surface area contributed by atoms with Crippen molar-refractivity contribution in [3.8, 4) is 0 Å². The second kappa shape index (κ2) is 6.69. The van der Waals surface area contributed by atoms with Crippen molar-refractivity contribution in [2.24, 2.45) is 5.73 Å². The zero-order chi connectivity index (χ0) is 13.7. The van der Waals surface area contributed by atoms with Crippen LogP contribution in [-0.4, -0.2) is 23.1 Å². The van der Waals surface area contributed by atoms with Crippen LogP contribution in [0.25, 0.3) is 0 Å². The highest BCUT2D eigenvalue weighted by Gasteiger charge is 2.15. The minimum atomic E-state index is 0.336. The highest BCUT2D eigenvalue weighted by molar-refractivity contribution is 5.49. The molecule has 0 saturated heterocycles. The fourth-order valence-corrected chi connectivity index (χ4v) is 2.00. The van der Waals surface area contributed by atoms with Gasteiger partial charge in [-0.15, -0.1) is 0 Å². The van der Waals surface area contributed by atoms with Crippen molar-refractivity contribution < 1.29 is 0 Å². The molecule has 0 spiro atoms. The van der Waals surface area contributed by atoms with Gasteiger partial charge in [-0.1, -0.05) is 27.2 Å². The molecule has 0 aliphatic carbocycles. The average Bonchev–Trinajstić information content (AvgIpc) is 2.37. The maximum atomic E-state index is 5.81. The van der Waals surface area contributed by atoms with Crippen LogP contribution < -0.4 is 10.6 Å². The third-order valence-corrected chi connectivity index (χ3v) is 3.32. The smallest absolute Gasteiger partial charge is 0.131 e. The van der Waals surface area contributed by atoms with Crippen LogP contribution in [0.4, 0.5) is 5.69 Å². The van der Waals surface area contributed by atoms with Crippen LogP contribution in [0.3, 0.4) is 0 Å². The molecule has 18 heavy (non-hydrogen) atoms. The van der Waals surface area contributed by atoms with Gasteiger partial charge in [0.2, 0.25) is 0 Å². The lowest BCUT2D eigenvalue weighted by molar-refractivity contribution is 0.610. The molecule has 1 heterocycles. The molecule has 0 saturated carbocycles. The summed E-state index contributed by atoms with van der Waals surface area (Å²) in [7, 11) is 2.09. The number of aromatic nitrogens is 2. The van der Waals surface area contributed by atoms with Gasteiger partial charge in [-0.05, 0) is 13.3 Å². The highest BCUT2D eigenvalue weighted by Crippen LogP contribution is 2.22. The molecule has 0 aromatic carbocycles. The SMILES string of the molecule is CCCC(C)N(C)c1cnc(C(C)C)nc1CN. The molecule has 4 nitrogen and oxygen atoms in total. The Balaban J connectivity index is 3.01. The van der Waals surface area contributed by atoms with Crippen LogP contribution in [0.15, 0.2) is 6.20 Å². The van der Waals surface area contributed by atoms with E-state index in [1.54, 1.807) is 0 Å². The molecular formula is C14H26N4. The summed E-state index contributed by atoms with van der Waals surface area (Å²) in [5, 5.41) is 0. The summed E-state index contributed by atoms with van der Waals surface area (Å²) in [5.74, 6) is 1.21. The van der Waals surface area contributed by atoms with Gasteiger partial charge in [0, 0.05) is 25.6 Å². The number of anilines is 1. The molecule has 1 aromatic heterocycles. The fraction of sp³-hybridized carbons (Fsp3) is 0.714. The molecule has 1 rings (SSSR count). The van der Waals surface area contributed by atoms with E-state index in [0.717, 1.165) is 23.6 Å². The fourth-order valence-electron chi connectivity index (χ4n) is 2.00. The van der Waals surface area contributed by atoms with Gasteiger partial charge in [0.25, 0.3) is 0 Å². The van der Waals surface area contributed by atoms with Crippen molar-refractivity contribution in [2.75, 3.05) is 11.9 Å². The van der Waals surface area contributed by atoms with Crippen LogP contribution in [0, 0.1) is 0 Å². The van der Waals surface area contributed by atoms with Crippen LogP contribution in [0.1, 0.15) is 58.0 Å². The van der Waals surface area contributed by atoms with Gasteiger partial charge in [0.05, 0.1) is 17.6 Å². The second-order valence-electron chi connectivity index (χ2n) is 5.17. The first-order chi connectivity index (χ1) is 8.51. The van der Waals surface area contributed by atoms with Crippen LogP contribution >= 0.6 is 0 Å². The zero-order valence-electron chi connectivity index (χ0n) is 12.3. The summed E-state index contributed by atoms with van der Waals surface area (Å²) in [6.07, 6.45) is 4.25. The van der Waals surface area contributed by atoms with Gasteiger partial charge in [0.1, 0.15) is 5.82 Å². The largest absolute Gasteiger partial charge is 0.369 e. The van der Waals surface area contributed by atoms with Crippen molar-refractivity contribution in [3.63, 3.8) is 0 Å². The van der Waals surface area contributed by atoms with Gasteiger partial charge in [-0.2, -0.15) is 0 Å². The molecule has 1 unspecified atom stereocenters.